The summed E-state index contributed by atoms with van der Waals surface area (Å²) in [5.74, 6) is -0.282. The van der Waals surface area contributed by atoms with Gasteiger partial charge in [-0.25, -0.2) is 18.2 Å². The summed E-state index contributed by atoms with van der Waals surface area (Å²) in [5, 5.41) is 0.432. The van der Waals surface area contributed by atoms with Crippen LogP contribution in [-0.4, -0.2) is 31.4 Å². The molecule has 2 aromatic rings. The average Bonchev–Trinajstić information content (AvgIpc) is 3.09. The van der Waals surface area contributed by atoms with Crippen molar-refractivity contribution in [1.82, 2.24) is 4.98 Å². The van der Waals surface area contributed by atoms with E-state index in [9.17, 15) is 13.2 Å². The van der Waals surface area contributed by atoms with Crippen LogP contribution in [0.5, 0.6) is 5.88 Å². The summed E-state index contributed by atoms with van der Waals surface area (Å²) in [4.78, 5) is 15.8. The normalized spacial score (nSPS) is 15.2. The Morgan fingerprint density at radius 1 is 1.30 bits per heavy atom. The van der Waals surface area contributed by atoms with Gasteiger partial charge < -0.3 is 9.47 Å². The van der Waals surface area contributed by atoms with Crippen LogP contribution in [0.1, 0.15) is 25.3 Å². The van der Waals surface area contributed by atoms with Gasteiger partial charge in [-0.15, -0.1) is 0 Å². The largest absolute Gasteiger partial charge is 0.458 e. The van der Waals surface area contributed by atoms with E-state index in [1.807, 2.05) is 6.92 Å². The van der Waals surface area contributed by atoms with Crippen LogP contribution in [-0.2, 0) is 19.4 Å². The van der Waals surface area contributed by atoms with Gasteiger partial charge in [0.05, 0.1) is 15.5 Å². The van der Waals surface area contributed by atoms with Gasteiger partial charge in [0.15, 0.2) is 0 Å². The average molecular weight is 408 g/mol. The number of pyridine rings is 1. The number of carbonyl (C=O) groups excluding carboxylic acids is 1. The summed E-state index contributed by atoms with van der Waals surface area (Å²) in [5.41, 5.74) is -0.242. The maximum atomic E-state index is 13.1. The van der Waals surface area contributed by atoms with Crippen molar-refractivity contribution in [3.8, 4) is 5.88 Å². The first kappa shape index (κ1) is 19.4. The molecule has 6 nitrogen and oxygen atoms in total. The number of nitrogens with zero attached hydrogens (tertiary/aromatic N) is 1. The molecule has 1 aliphatic heterocycles. The molecule has 2 heterocycles. The fourth-order valence-electron chi connectivity index (χ4n) is 2.67. The van der Waals surface area contributed by atoms with Gasteiger partial charge in [0.1, 0.15) is 6.61 Å². The van der Waals surface area contributed by atoms with Gasteiger partial charge in [-0.3, -0.25) is 0 Å². The molecule has 0 saturated carbocycles. The lowest BCUT2D eigenvalue weighted by Gasteiger charge is -2.19. The number of esters is 1. The smallest absolute Gasteiger partial charge is 0.338 e. The maximum absolute atomic E-state index is 13.1. The fourth-order valence-corrected chi connectivity index (χ4v) is 4.42. The van der Waals surface area contributed by atoms with Crippen molar-refractivity contribution in [2.24, 2.45) is 0 Å². The Morgan fingerprint density at radius 2 is 2.11 bits per heavy atom. The van der Waals surface area contributed by atoms with Crippen LogP contribution in [0.3, 0.4) is 0 Å². The fraction of sp³-hybridized carbons (Fsp3) is 0.263. The second-order valence-electron chi connectivity index (χ2n) is 5.94. The van der Waals surface area contributed by atoms with Crippen LogP contribution >= 0.6 is 11.6 Å². The number of ether oxygens (including phenoxy) is 2. The highest BCUT2D eigenvalue weighted by molar-refractivity contribution is 7.92. The van der Waals surface area contributed by atoms with Gasteiger partial charge in [-0.2, -0.15) is 0 Å². The summed E-state index contributed by atoms with van der Waals surface area (Å²) >= 11 is 5.81. The van der Waals surface area contributed by atoms with Crippen molar-refractivity contribution in [1.29, 1.82) is 0 Å². The summed E-state index contributed by atoms with van der Waals surface area (Å²) in [6.45, 7) is 2.06. The quantitative estimate of drug-likeness (QED) is 0.651. The van der Waals surface area contributed by atoms with Gasteiger partial charge in [0, 0.05) is 12.3 Å². The van der Waals surface area contributed by atoms with E-state index in [0.29, 0.717) is 29.0 Å². The van der Waals surface area contributed by atoms with E-state index in [1.54, 1.807) is 24.3 Å². The number of rotatable bonds is 7. The van der Waals surface area contributed by atoms with Crippen LogP contribution in [0, 0.1) is 0 Å². The Kier molecular flexibility index (Phi) is 5.82. The van der Waals surface area contributed by atoms with Crippen molar-refractivity contribution >= 4 is 33.0 Å². The molecular formula is C19H18ClNO5S. The molecule has 0 unspecified atom stereocenters. The number of carbonyl (C=O) groups is 1. The minimum absolute atomic E-state index is 0.0769. The highest BCUT2D eigenvalue weighted by Crippen LogP contribution is 2.27. The van der Waals surface area contributed by atoms with E-state index < -0.39 is 21.2 Å². The summed E-state index contributed by atoms with van der Waals surface area (Å²) in [6, 6.07) is 9.33. The number of halogens is 1. The molecule has 0 amide bonds. The zero-order valence-corrected chi connectivity index (χ0v) is 16.2. The first-order valence-corrected chi connectivity index (χ1v) is 10.3. The van der Waals surface area contributed by atoms with E-state index in [2.05, 4.69) is 4.98 Å². The Morgan fingerprint density at radius 3 is 2.74 bits per heavy atom. The first-order chi connectivity index (χ1) is 12.9. The molecule has 0 aliphatic carbocycles. The predicted molar refractivity (Wildman–Crippen MR) is 101 cm³/mol. The van der Waals surface area contributed by atoms with E-state index in [-0.39, 0.29) is 17.4 Å². The van der Waals surface area contributed by atoms with Crippen molar-refractivity contribution in [3.63, 3.8) is 0 Å². The van der Waals surface area contributed by atoms with Crippen molar-refractivity contribution in [2.45, 2.75) is 30.1 Å². The lowest BCUT2D eigenvalue weighted by Crippen LogP contribution is -2.28. The molecule has 142 valence electrons. The molecule has 0 spiro atoms. The van der Waals surface area contributed by atoms with Crippen LogP contribution in [0.2, 0.25) is 5.02 Å². The molecule has 1 aromatic heterocycles. The molecular weight excluding hydrogens is 390 g/mol. The third kappa shape index (κ3) is 4.31. The topological polar surface area (TPSA) is 82.6 Å². The second-order valence-corrected chi connectivity index (χ2v) is 8.46. The number of hydrogen-bond acceptors (Lipinski definition) is 6. The maximum Gasteiger partial charge on any atom is 0.338 e. The van der Waals surface area contributed by atoms with Crippen molar-refractivity contribution < 1.29 is 22.7 Å². The van der Waals surface area contributed by atoms with E-state index in [4.69, 9.17) is 21.1 Å². The molecule has 0 radical (unpaired) electrons. The molecule has 3 rings (SSSR count). The number of cyclic esters (lactones) is 1. The zero-order valence-electron chi connectivity index (χ0n) is 14.6. The molecule has 0 N–H and O–H groups in total. The standard InChI is InChI=1S/C19H18ClNO5S/c1-2-4-18(26-17-8-7-14(20)12-21-17)27(23,24)15-6-3-5-13(11-15)16-9-10-25-19(16)22/h3,5-9,11-12,18H,2,4,10H2,1H3/t18-/m1/s1. The molecule has 0 bridgehead atoms. The van der Waals surface area contributed by atoms with Gasteiger partial charge in [-0.1, -0.05) is 37.1 Å². The highest BCUT2D eigenvalue weighted by atomic mass is 35.5. The lowest BCUT2D eigenvalue weighted by molar-refractivity contribution is -0.133. The minimum atomic E-state index is -3.82. The Labute approximate surface area is 162 Å². The van der Waals surface area contributed by atoms with Gasteiger partial charge in [0.25, 0.3) is 0 Å². The predicted octanol–water partition coefficient (Wildman–Crippen LogP) is 3.65. The Balaban J connectivity index is 1.92. The van der Waals surface area contributed by atoms with Gasteiger partial charge in [-0.05, 0) is 36.3 Å². The summed E-state index contributed by atoms with van der Waals surface area (Å²) in [7, 11) is -3.82. The van der Waals surface area contributed by atoms with Crippen LogP contribution < -0.4 is 4.74 Å². The van der Waals surface area contributed by atoms with Crippen LogP contribution in [0.15, 0.2) is 53.6 Å². The first-order valence-electron chi connectivity index (χ1n) is 8.41. The van der Waals surface area contributed by atoms with Gasteiger partial charge >= 0.3 is 5.97 Å². The molecule has 1 atom stereocenters. The molecule has 0 saturated heterocycles. The Hall–Kier alpha value is -2.38. The SMILES string of the molecule is CCC[C@H](Oc1ccc(Cl)cn1)S(=O)(=O)c1cccc(C2=CCOC2=O)c1. The molecule has 8 heteroatoms. The monoisotopic (exact) mass is 407 g/mol. The summed E-state index contributed by atoms with van der Waals surface area (Å²) in [6.07, 6.45) is 3.92. The van der Waals surface area contributed by atoms with Gasteiger partial charge in [0.2, 0.25) is 21.2 Å². The highest BCUT2D eigenvalue weighted by Gasteiger charge is 2.30. The molecule has 1 aromatic carbocycles. The number of aromatic nitrogens is 1. The van der Waals surface area contributed by atoms with Crippen molar-refractivity contribution in [3.05, 3.63) is 59.3 Å². The minimum Gasteiger partial charge on any atom is -0.458 e. The third-order valence-electron chi connectivity index (χ3n) is 4.02. The summed E-state index contributed by atoms with van der Waals surface area (Å²) < 4.78 is 36.8. The molecule has 0 fully saturated rings. The van der Waals surface area contributed by atoms with E-state index >= 15 is 0 Å². The number of benzene rings is 1. The van der Waals surface area contributed by atoms with Crippen LogP contribution in [0.4, 0.5) is 0 Å². The van der Waals surface area contributed by atoms with Crippen LogP contribution in [0.25, 0.3) is 5.57 Å². The van der Waals surface area contributed by atoms with Crippen molar-refractivity contribution in [2.75, 3.05) is 6.61 Å². The molecule has 1 aliphatic rings. The Bertz CT molecular complexity index is 970. The number of sulfone groups is 1. The second kappa shape index (κ2) is 8.10. The third-order valence-corrected chi connectivity index (χ3v) is 6.18. The zero-order chi connectivity index (χ0) is 19.4. The van der Waals surface area contributed by atoms with E-state index in [1.165, 1.54) is 24.4 Å². The lowest BCUT2D eigenvalue weighted by atomic mass is 10.1. The van der Waals surface area contributed by atoms with E-state index in [0.717, 1.165) is 0 Å². The number of hydrogen-bond donors (Lipinski definition) is 0. The molecule has 27 heavy (non-hydrogen) atoms.